The first-order chi connectivity index (χ1) is 10.5. The Morgan fingerprint density at radius 2 is 1.82 bits per heavy atom. The van der Waals surface area contributed by atoms with Gasteiger partial charge in [-0.1, -0.05) is 53.5 Å². The van der Waals surface area contributed by atoms with Crippen LogP contribution in [0.5, 0.6) is 0 Å². The summed E-state index contributed by atoms with van der Waals surface area (Å²) < 4.78 is 0. The summed E-state index contributed by atoms with van der Waals surface area (Å²) in [6, 6.07) is 15.0. The molecule has 5 heteroatoms. The summed E-state index contributed by atoms with van der Waals surface area (Å²) in [6.45, 7) is 1.98. The Kier molecular flexibility index (Phi) is 6.10. The second-order valence-electron chi connectivity index (χ2n) is 5.15. The van der Waals surface area contributed by atoms with Crippen LogP contribution in [-0.2, 0) is 6.42 Å². The lowest BCUT2D eigenvalue weighted by Crippen LogP contribution is -2.36. The molecule has 2 rings (SSSR count). The molecule has 0 heterocycles. The quantitative estimate of drug-likeness (QED) is 0.780. The van der Waals surface area contributed by atoms with Crippen LogP contribution in [0.4, 0.5) is 10.5 Å². The topological polar surface area (TPSA) is 41.1 Å². The van der Waals surface area contributed by atoms with Crippen LogP contribution in [0.2, 0.25) is 10.0 Å². The van der Waals surface area contributed by atoms with Crippen molar-refractivity contribution >= 4 is 34.9 Å². The van der Waals surface area contributed by atoms with Crippen LogP contribution < -0.4 is 10.6 Å². The van der Waals surface area contributed by atoms with Gasteiger partial charge in [-0.25, -0.2) is 4.79 Å². The molecule has 0 aliphatic heterocycles. The average molecular weight is 337 g/mol. The third kappa shape index (κ3) is 5.24. The maximum atomic E-state index is 11.9. The number of amides is 2. The predicted molar refractivity (Wildman–Crippen MR) is 92.8 cm³/mol. The summed E-state index contributed by atoms with van der Waals surface area (Å²) in [7, 11) is 0. The highest BCUT2D eigenvalue weighted by molar-refractivity contribution is 6.42. The first-order valence-corrected chi connectivity index (χ1v) is 7.86. The van der Waals surface area contributed by atoms with E-state index in [1.165, 1.54) is 5.56 Å². The Bertz CT molecular complexity index is 632. The zero-order valence-electron chi connectivity index (χ0n) is 12.3. The van der Waals surface area contributed by atoms with Gasteiger partial charge in [-0.15, -0.1) is 0 Å². The lowest BCUT2D eigenvalue weighted by Gasteiger charge is -2.15. The molecular formula is C17H18Cl2N2O. The number of urea groups is 1. The third-order valence-corrected chi connectivity index (χ3v) is 4.00. The normalized spacial score (nSPS) is 11.8. The maximum absolute atomic E-state index is 11.9. The van der Waals surface area contributed by atoms with E-state index in [0.717, 1.165) is 12.8 Å². The SMILES string of the molecule is CC(CCc1ccccc1)NC(=O)Nc1ccc(Cl)c(Cl)c1. The minimum Gasteiger partial charge on any atom is -0.335 e. The molecule has 0 saturated heterocycles. The first kappa shape index (κ1) is 16.7. The van der Waals surface area contributed by atoms with Crippen molar-refractivity contribution < 1.29 is 4.79 Å². The Hall–Kier alpha value is -1.71. The van der Waals surface area contributed by atoms with Crippen molar-refractivity contribution in [1.29, 1.82) is 0 Å². The van der Waals surface area contributed by atoms with Gasteiger partial charge in [0.1, 0.15) is 0 Å². The van der Waals surface area contributed by atoms with Crippen LogP contribution >= 0.6 is 23.2 Å². The molecule has 22 heavy (non-hydrogen) atoms. The van der Waals surface area contributed by atoms with Crippen molar-refractivity contribution in [3.05, 3.63) is 64.1 Å². The van der Waals surface area contributed by atoms with Crippen molar-refractivity contribution in [2.75, 3.05) is 5.32 Å². The fraction of sp³-hybridized carbons (Fsp3) is 0.235. The summed E-state index contributed by atoms with van der Waals surface area (Å²) in [5, 5.41) is 6.53. The Balaban J connectivity index is 1.79. The Morgan fingerprint density at radius 1 is 1.09 bits per heavy atom. The molecule has 0 saturated carbocycles. The number of benzene rings is 2. The minimum absolute atomic E-state index is 0.0722. The van der Waals surface area contributed by atoms with E-state index in [2.05, 4.69) is 22.8 Å². The van der Waals surface area contributed by atoms with E-state index in [0.29, 0.717) is 15.7 Å². The highest BCUT2D eigenvalue weighted by atomic mass is 35.5. The molecule has 2 aromatic rings. The van der Waals surface area contributed by atoms with E-state index in [4.69, 9.17) is 23.2 Å². The maximum Gasteiger partial charge on any atom is 0.319 e. The van der Waals surface area contributed by atoms with Crippen molar-refractivity contribution in [1.82, 2.24) is 5.32 Å². The highest BCUT2D eigenvalue weighted by Crippen LogP contribution is 2.24. The summed E-state index contributed by atoms with van der Waals surface area (Å²) in [5.41, 5.74) is 1.88. The van der Waals surface area contributed by atoms with E-state index in [1.54, 1.807) is 18.2 Å². The number of carbonyl (C=O) groups excluding carboxylic acids is 1. The van der Waals surface area contributed by atoms with Gasteiger partial charge in [0.2, 0.25) is 0 Å². The van der Waals surface area contributed by atoms with Crippen LogP contribution in [0.25, 0.3) is 0 Å². The first-order valence-electron chi connectivity index (χ1n) is 7.11. The van der Waals surface area contributed by atoms with Crippen molar-refractivity contribution in [3.63, 3.8) is 0 Å². The van der Waals surface area contributed by atoms with Gasteiger partial charge in [0.05, 0.1) is 10.0 Å². The van der Waals surface area contributed by atoms with Crippen LogP contribution in [-0.4, -0.2) is 12.1 Å². The van der Waals surface area contributed by atoms with Gasteiger partial charge >= 0.3 is 6.03 Å². The average Bonchev–Trinajstić information content (AvgIpc) is 2.50. The van der Waals surface area contributed by atoms with Gasteiger partial charge < -0.3 is 10.6 Å². The monoisotopic (exact) mass is 336 g/mol. The van der Waals surface area contributed by atoms with Crippen LogP contribution in [0, 0.1) is 0 Å². The third-order valence-electron chi connectivity index (χ3n) is 3.26. The molecule has 0 radical (unpaired) electrons. The second kappa shape index (κ2) is 8.06. The zero-order valence-corrected chi connectivity index (χ0v) is 13.8. The molecule has 1 atom stereocenters. The number of carbonyl (C=O) groups is 1. The molecule has 2 aromatic carbocycles. The van der Waals surface area contributed by atoms with Gasteiger partial charge in [-0.3, -0.25) is 0 Å². The summed E-state index contributed by atoms with van der Waals surface area (Å²) >= 11 is 11.8. The standard InChI is InChI=1S/C17H18Cl2N2O/c1-12(7-8-13-5-3-2-4-6-13)20-17(22)21-14-9-10-15(18)16(19)11-14/h2-6,9-12H,7-8H2,1H3,(H2,20,21,22). The van der Waals surface area contributed by atoms with Crippen LogP contribution in [0.1, 0.15) is 18.9 Å². The van der Waals surface area contributed by atoms with Crippen LogP contribution in [0.15, 0.2) is 48.5 Å². The van der Waals surface area contributed by atoms with Gasteiger partial charge in [0.15, 0.2) is 0 Å². The Labute approximate surface area is 140 Å². The fourth-order valence-electron chi connectivity index (χ4n) is 2.06. The van der Waals surface area contributed by atoms with Crippen LogP contribution in [0.3, 0.4) is 0 Å². The minimum atomic E-state index is -0.251. The molecule has 0 bridgehead atoms. The fourth-order valence-corrected chi connectivity index (χ4v) is 2.36. The molecule has 0 aliphatic rings. The number of halogens is 2. The van der Waals surface area contributed by atoms with E-state index in [-0.39, 0.29) is 12.1 Å². The number of aryl methyl sites for hydroxylation is 1. The zero-order chi connectivity index (χ0) is 15.9. The smallest absolute Gasteiger partial charge is 0.319 e. The molecule has 0 fully saturated rings. The number of nitrogens with one attached hydrogen (secondary N) is 2. The summed E-state index contributed by atoms with van der Waals surface area (Å²) in [6.07, 6.45) is 1.80. The van der Waals surface area contributed by atoms with Gasteiger partial charge in [0.25, 0.3) is 0 Å². The molecular weight excluding hydrogens is 319 g/mol. The summed E-state index contributed by atoms with van der Waals surface area (Å²) in [5.74, 6) is 0. The molecule has 2 amide bonds. The van der Waals surface area contributed by atoms with E-state index < -0.39 is 0 Å². The molecule has 0 aromatic heterocycles. The number of rotatable bonds is 5. The molecule has 1 unspecified atom stereocenters. The highest BCUT2D eigenvalue weighted by Gasteiger charge is 2.08. The van der Waals surface area contributed by atoms with Gasteiger partial charge in [-0.2, -0.15) is 0 Å². The number of hydrogen-bond acceptors (Lipinski definition) is 1. The Morgan fingerprint density at radius 3 is 2.50 bits per heavy atom. The van der Waals surface area contributed by atoms with Gasteiger partial charge in [-0.05, 0) is 43.5 Å². The van der Waals surface area contributed by atoms with E-state index in [1.807, 2.05) is 25.1 Å². The lowest BCUT2D eigenvalue weighted by atomic mass is 10.1. The number of anilines is 1. The molecule has 116 valence electrons. The summed E-state index contributed by atoms with van der Waals surface area (Å²) in [4.78, 5) is 11.9. The molecule has 2 N–H and O–H groups in total. The molecule has 3 nitrogen and oxygen atoms in total. The van der Waals surface area contributed by atoms with Gasteiger partial charge in [0, 0.05) is 11.7 Å². The second-order valence-corrected chi connectivity index (χ2v) is 5.97. The lowest BCUT2D eigenvalue weighted by molar-refractivity contribution is 0.248. The largest absolute Gasteiger partial charge is 0.335 e. The molecule has 0 spiro atoms. The predicted octanol–water partition coefficient (Wildman–Crippen LogP) is 5.14. The molecule has 0 aliphatic carbocycles. The number of hydrogen-bond donors (Lipinski definition) is 2. The van der Waals surface area contributed by atoms with E-state index in [9.17, 15) is 4.79 Å². The van der Waals surface area contributed by atoms with E-state index >= 15 is 0 Å². The van der Waals surface area contributed by atoms with Crippen molar-refractivity contribution in [2.45, 2.75) is 25.8 Å². The van der Waals surface area contributed by atoms with Crippen molar-refractivity contribution in [3.8, 4) is 0 Å². The van der Waals surface area contributed by atoms with Crippen molar-refractivity contribution in [2.24, 2.45) is 0 Å².